The Labute approximate surface area is 175 Å². The minimum absolute atomic E-state index is 0.0735. The van der Waals surface area contributed by atoms with Gasteiger partial charge in [-0.15, -0.1) is 0 Å². The number of alkyl halides is 3. The third-order valence-electron chi connectivity index (χ3n) is 6.65. The molecule has 0 spiro atoms. The summed E-state index contributed by atoms with van der Waals surface area (Å²) in [7, 11) is 0. The lowest BCUT2D eigenvalue weighted by Gasteiger charge is -2.37. The molecule has 1 aromatic carbocycles. The van der Waals surface area contributed by atoms with Gasteiger partial charge in [-0.05, 0) is 99.7 Å². The largest absolute Gasteiger partial charge is 0.459 e. The van der Waals surface area contributed by atoms with Crippen LogP contribution < -0.4 is 4.74 Å². The summed E-state index contributed by atoms with van der Waals surface area (Å²) in [6.07, 6.45) is 8.78. The highest BCUT2D eigenvalue weighted by atomic mass is 19.4. The van der Waals surface area contributed by atoms with Crippen molar-refractivity contribution in [3.8, 4) is 5.75 Å². The molecule has 3 rings (SSSR count). The molecular formula is C24H29F5O. The Balaban J connectivity index is 1.56. The second kappa shape index (κ2) is 9.97. The summed E-state index contributed by atoms with van der Waals surface area (Å²) in [6.45, 7) is 2.07. The van der Waals surface area contributed by atoms with E-state index in [4.69, 9.17) is 0 Å². The topological polar surface area (TPSA) is 9.23 Å². The van der Waals surface area contributed by atoms with E-state index in [0.717, 1.165) is 31.6 Å². The van der Waals surface area contributed by atoms with Gasteiger partial charge in [0.2, 0.25) is 0 Å². The first-order valence-electron chi connectivity index (χ1n) is 10.8. The van der Waals surface area contributed by atoms with Crippen LogP contribution in [0.25, 0.3) is 0 Å². The van der Waals surface area contributed by atoms with Crippen LogP contribution in [-0.4, -0.2) is 6.18 Å². The number of rotatable bonds is 5. The van der Waals surface area contributed by atoms with Crippen molar-refractivity contribution in [3.05, 3.63) is 53.8 Å². The molecule has 2 fully saturated rings. The molecule has 0 aromatic heterocycles. The molecule has 0 saturated heterocycles. The van der Waals surface area contributed by atoms with Crippen LogP contribution in [0.3, 0.4) is 0 Å². The molecule has 0 aliphatic heterocycles. The van der Waals surface area contributed by atoms with E-state index in [1.54, 1.807) is 0 Å². The Hall–Kier alpha value is -1.85. The minimum Gasteiger partial charge on any atom is -0.459 e. The molecular weight excluding hydrogens is 399 g/mol. The summed E-state index contributed by atoms with van der Waals surface area (Å²) in [5.41, 5.74) is 0.562. The van der Waals surface area contributed by atoms with Crippen LogP contribution in [0.5, 0.6) is 5.75 Å². The fourth-order valence-corrected chi connectivity index (χ4v) is 5.11. The molecule has 0 atom stereocenters. The molecule has 2 saturated carbocycles. The first-order chi connectivity index (χ1) is 14.3. The van der Waals surface area contributed by atoms with E-state index in [0.29, 0.717) is 17.4 Å². The van der Waals surface area contributed by atoms with Gasteiger partial charge in [0.25, 0.3) is 0 Å². The second-order valence-corrected chi connectivity index (χ2v) is 8.59. The minimum atomic E-state index is -4.60. The normalized spacial score (nSPS) is 28.3. The van der Waals surface area contributed by atoms with E-state index in [2.05, 4.69) is 23.8 Å². The molecule has 0 unspecified atom stereocenters. The Kier molecular flexibility index (Phi) is 7.59. The zero-order valence-corrected chi connectivity index (χ0v) is 17.2. The third-order valence-corrected chi connectivity index (χ3v) is 6.65. The lowest BCUT2D eigenvalue weighted by atomic mass is 9.68. The lowest BCUT2D eigenvalue weighted by molar-refractivity contribution is -0.0809. The second-order valence-electron chi connectivity index (χ2n) is 8.59. The van der Waals surface area contributed by atoms with Crippen molar-refractivity contribution in [1.82, 2.24) is 0 Å². The summed E-state index contributed by atoms with van der Waals surface area (Å²) in [4.78, 5) is 0. The van der Waals surface area contributed by atoms with Crippen LogP contribution in [0.4, 0.5) is 22.0 Å². The number of benzene rings is 1. The highest BCUT2D eigenvalue weighted by Crippen LogP contribution is 2.44. The third kappa shape index (κ3) is 6.08. The number of hydrogen-bond acceptors (Lipinski definition) is 1. The van der Waals surface area contributed by atoms with Crippen molar-refractivity contribution in [2.75, 3.05) is 0 Å². The fourth-order valence-electron chi connectivity index (χ4n) is 5.11. The maximum Gasteiger partial charge on any atom is 0.412 e. The Morgan fingerprint density at radius 1 is 0.867 bits per heavy atom. The first-order valence-corrected chi connectivity index (χ1v) is 10.8. The van der Waals surface area contributed by atoms with Gasteiger partial charge in [-0.3, -0.25) is 0 Å². The van der Waals surface area contributed by atoms with Gasteiger partial charge in [-0.1, -0.05) is 12.2 Å². The highest BCUT2D eigenvalue weighted by molar-refractivity contribution is 5.34. The van der Waals surface area contributed by atoms with Crippen molar-refractivity contribution >= 4 is 0 Å². The molecule has 0 heterocycles. The van der Waals surface area contributed by atoms with E-state index in [-0.39, 0.29) is 18.3 Å². The average molecular weight is 428 g/mol. The molecule has 1 nitrogen and oxygen atoms in total. The maximum atomic E-state index is 14.3. The molecule has 0 amide bonds. The highest BCUT2D eigenvalue weighted by Gasteiger charge is 2.31. The van der Waals surface area contributed by atoms with Crippen LogP contribution in [-0.2, 0) is 0 Å². The number of halogens is 5. The van der Waals surface area contributed by atoms with Gasteiger partial charge in [0, 0.05) is 0 Å². The van der Waals surface area contributed by atoms with Gasteiger partial charge < -0.3 is 4.74 Å². The van der Waals surface area contributed by atoms with Gasteiger partial charge in [-0.25, -0.2) is 8.78 Å². The van der Waals surface area contributed by atoms with Crippen LogP contribution >= 0.6 is 0 Å². The molecule has 0 radical (unpaired) electrons. The molecule has 30 heavy (non-hydrogen) atoms. The summed E-state index contributed by atoms with van der Waals surface area (Å²) in [5, 5.41) is 0. The monoisotopic (exact) mass is 428 g/mol. The maximum absolute atomic E-state index is 14.3. The van der Waals surface area contributed by atoms with E-state index in [1.807, 2.05) is 0 Å². The van der Waals surface area contributed by atoms with Crippen molar-refractivity contribution in [1.29, 1.82) is 0 Å². The van der Waals surface area contributed by atoms with Crippen LogP contribution in [0.1, 0.15) is 69.8 Å². The van der Waals surface area contributed by atoms with Gasteiger partial charge in [0.05, 0.1) is 12.3 Å². The van der Waals surface area contributed by atoms with Crippen LogP contribution in [0.2, 0.25) is 0 Å². The fraction of sp³-hybridized carbons (Fsp3) is 0.583. The van der Waals surface area contributed by atoms with Gasteiger partial charge in [0.1, 0.15) is 0 Å². The predicted octanol–water partition coefficient (Wildman–Crippen LogP) is 8.08. The molecule has 0 N–H and O–H groups in total. The SMILES string of the molecule is C/C=C/C1CCC(C2CCC(c3cc(F)c(O/C=C/C(F)(F)F)c(F)c3)CC2)CC1. The predicted molar refractivity (Wildman–Crippen MR) is 107 cm³/mol. The summed E-state index contributed by atoms with van der Waals surface area (Å²) in [6, 6.07) is 2.40. The van der Waals surface area contributed by atoms with Gasteiger partial charge in [0.15, 0.2) is 17.4 Å². The summed E-state index contributed by atoms with van der Waals surface area (Å²) < 4.78 is 69.5. The van der Waals surface area contributed by atoms with Crippen molar-refractivity contribution in [2.45, 2.75) is 70.4 Å². The zero-order valence-electron chi connectivity index (χ0n) is 17.2. The molecule has 166 valence electrons. The first kappa shape index (κ1) is 22.8. The Morgan fingerprint density at radius 3 is 1.90 bits per heavy atom. The van der Waals surface area contributed by atoms with Crippen LogP contribution in [0.15, 0.2) is 36.6 Å². The number of allylic oxidation sites excluding steroid dienone is 3. The van der Waals surface area contributed by atoms with E-state index in [9.17, 15) is 22.0 Å². The lowest BCUT2D eigenvalue weighted by Crippen LogP contribution is -2.25. The summed E-state index contributed by atoms with van der Waals surface area (Å²) >= 11 is 0. The smallest absolute Gasteiger partial charge is 0.412 e. The molecule has 1 aromatic rings. The quantitative estimate of drug-likeness (QED) is 0.262. The average Bonchev–Trinajstić information content (AvgIpc) is 2.70. The summed E-state index contributed by atoms with van der Waals surface area (Å²) in [5.74, 6) is -0.535. The van der Waals surface area contributed by atoms with Gasteiger partial charge in [-0.2, -0.15) is 13.2 Å². The Bertz CT molecular complexity index is 728. The molecule has 6 heteroatoms. The van der Waals surface area contributed by atoms with Crippen LogP contribution in [0, 0.1) is 29.4 Å². The van der Waals surface area contributed by atoms with Crippen molar-refractivity contribution in [3.63, 3.8) is 0 Å². The van der Waals surface area contributed by atoms with Gasteiger partial charge >= 0.3 is 6.18 Å². The van der Waals surface area contributed by atoms with E-state index >= 15 is 0 Å². The molecule has 2 aliphatic carbocycles. The van der Waals surface area contributed by atoms with Crippen molar-refractivity contribution < 1.29 is 26.7 Å². The standard InChI is InChI=1S/C24H29F5O/c1-2-3-16-4-6-17(7-5-16)18-8-10-19(11-9-18)20-14-21(25)23(22(26)15-20)30-13-12-24(27,28)29/h2-3,12-19H,4-11H2,1H3/b3-2+,13-12+. The number of ether oxygens (including phenoxy) is 1. The Morgan fingerprint density at radius 2 is 1.40 bits per heavy atom. The molecule has 2 aliphatic rings. The zero-order chi connectivity index (χ0) is 21.7. The number of hydrogen-bond donors (Lipinski definition) is 0. The van der Waals surface area contributed by atoms with E-state index < -0.39 is 23.6 Å². The molecule has 0 bridgehead atoms. The van der Waals surface area contributed by atoms with E-state index in [1.165, 1.54) is 37.8 Å². The van der Waals surface area contributed by atoms with Crippen molar-refractivity contribution in [2.24, 2.45) is 17.8 Å².